The van der Waals surface area contributed by atoms with Crippen LogP contribution in [0.4, 0.5) is 10.1 Å². The lowest BCUT2D eigenvalue weighted by molar-refractivity contribution is 0.102. The monoisotopic (exact) mass is 355 g/mol. The molecule has 0 aliphatic heterocycles. The number of aromatic nitrogens is 4. The molecule has 124 valence electrons. The first-order chi connectivity index (χ1) is 12.1. The maximum atomic E-state index is 13.2. The number of hydrogen-bond acceptors (Lipinski definition) is 3. The predicted molar refractivity (Wildman–Crippen MR) is 93.0 cm³/mol. The smallest absolute Gasteiger partial charge is 0.257 e. The third-order valence-electron chi connectivity index (χ3n) is 3.67. The Morgan fingerprint density at radius 3 is 2.88 bits per heavy atom. The number of hydrogen-bond donors (Lipinski definition) is 3. The molecule has 8 heteroatoms. The van der Waals surface area contributed by atoms with Gasteiger partial charge < -0.3 is 15.3 Å². The number of fused-ring (bicyclic) bond motifs is 1. The zero-order valence-electron chi connectivity index (χ0n) is 12.7. The third-order valence-corrected chi connectivity index (χ3v) is 3.96. The summed E-state index contributed by atoms with van der Waals surface area (Å²) in [5.74, 6) is -0.343. The molecule has 0 radical (unpaired) electrons. The SMILES string of the molecule is O=C(Nc1ccc(F)c(Cl)c1)c1ccnc2nc(-c3ccc[nH]3)[nH]c12. The van der Waals surface area contributed by atoms with E-state index in [0.717, 1.165) is 5.69 Å². The van der Waals surface area contributed by atoms with Crippen molar-refractivity contribution in [2.75, 3.05) is 5.32 Å². The molecular weight excluding hydrogens is 345 g/mol. The topological polar surface area (TPSA) is 86.5 Å². The van der Waals surface area contributed by atoms with Gasteiger partial charge in [0.1, 0.15) is 5.82 Å². The highest BCUT2D eigenvalue weighted by molar-refractivity contribution is 6.31. The Morgan fingerprint density at radius 1 is 1.24 bits per heavy atom. The van der Waals surface area contributed by atoms with Crippen LogP contribution in [-0.4, -0.2) is 25.8 Å². The van der Waals surface area contributed by atoms with Crippen molar-refractivity contribution in [3.05, 3.63) is 65.2 Å². The Balaban J connectivity index is 1.70. The van der Waals surface area contributed by atoms with Crippen molar-refractivity contribution >= 4 is 34.4 Å². The van der Waals surface area contributed by atoms with Crippen LogP contribution < -0.4 is 5.32 Å². The lowest BCUT2D eigenvalue weighted by Gasteiger charge is -2.06. The second-order valence-corrected chi connectivity index (χ2v) is 5.72. The molecule has 4 aromatic rings. The summed E-state index contributed by atoms with van der Waals surface area (Å²) in [5.41, 5.74) is 2.49. The van der Waals surface area contributed by atoms with Crippen LogP contribution in [0, 0.1) is 5.82 Å². The quantitative estimate of drug-likeness (QED) is 0.519. The number of halogens is 2. The molecule has 1 aromatic carbocycles. The number of benzene rings is 1. The number of anilines is 1. The van der Waals surface area contributed by atoms with Crippen molar-refractivity contribution in [1.29, 1.82) is 0 Å². The van der Waals surface area contributed by atoms with Crippen LogP contribution in [0.2, 0.25) is 5.02 Å². The number of imidazole rings is 1. The molecule has 0 saturated carbocycles. The molecule has 0 saturated heterocycles. The highest BCUT2D eigenvalue weighted by atomic mass is 35.5. The van der Waals surface area contributed by atoms with Gasteiger partial charge in [0, 0.05) is 18.1 Å². The Kier molecular flexibility index (Phi) is 3.70. The average molecular weight is 356 g/mol. The zero-order valence-corrected chi connectivity index (χ0v) is 13.4. The standard InChI is InChI=1S/C17H11ClFN5O/c18-11-8-9(3-4-12(11)19)22-17(25)10-5-7-21-16-14(10)23-15(24-16)13-2-1-6-20-13/h1-8,20H,(H,22,25)(H,21,23,24). The Labute approximate surface area is 146 Å². The summed E-state index contributed by atoms with van der Waals surface area (Å²) in [6, 6.07) is 9.28. The van der Waals surface area contributed by atoms with Crippen LogP contribution in [0.15, 0.2) is 48.8 Å². The maximum Gasteiger partial charge on any atom is 0.257 e. The number of H-pyrrole nitrogens is 2. The van der Waals surface area contributed by atoms with Gasteiger partial charge in [0.05, 0.1) is 21.8 Å². The highest BCUT2D eigenvalue weighted by Gasteiger charge is 2.16. The fraction of sp³-hybridized carbons (Fsp3) is 0. The molecule has 6 nitrogen and oxygen atoms in total. The fourth-order valence-electron chi connectivity index (χ4n) is 2.48. The summed E-state index contributed by atoms with van der Waals surface area (Å²) in [6.45, 7) is 0. The number of aromatic amines is 2. The minimum Gasteiger partial charge on any atom is -0.359 e. The van der Waals surface area contributed by atoms with Crippen molar-refractivity contribution in [3.63, 3.8) is 0 Å². The van der Waals surface area contributed by atoms with E-state index in [1.54, 1.807) is 12.3 Å². The number of nitrogens with zero attached hydrogens (tertiary/aromatic N) is 2. The van der Waals surface area contributed by atoms with Gasteiger partial charge in [0.15, 0.2) is 11.5 Å². The van der Waals surface area contributed by atoms with E-state index in [-0.39, 0.29) is 10.9 Å². The summed E-state index contributed by atoms with van der Waals surface area (Å²) in [5, 5.41) is 2.63. The largest absolute Gasteiger partial charge is 0.359 e. The van der Waals surface area contributed by atoms with Crippen LogP contribution in [0.25, 0.3) is 22.7 Å². The number of amides is 1. The molecule has 0 aliphatic carbocycles. The van der Waals surface area contributed by atoms with Crippen LogP contribution in [0.5, 0.6) is 0 Å². The second-order valence-electron chi connectivity index (χ2n) is 5.31. The maximum absolute atomic E-state index is 13.2. The number of nitrogens with one attached hydrogen (secondary N) is 3. The lowest BCUT2D eigenvalue weighted by atomic mass is 10.2. The predicted octanol–water partition coefficient (Wildman–Crippen LogP) is 4.00. The summed E-state index contributed by atoms with van der Waals surface area (Å²) in [4.78, 5) is 27.3. The minimum absolute atomic E-state index is 0.0618. The normalized spacial score (nSPS) is 11.0. The average Bonchev–Trinajstić information content (AvgIpc) is 3.26. The van der Waals surface area contributed by atoms with Gasteiger partial charge in [-0.2, -0.15) is 0 Å². The van der Waals surface area contributed by atoms with E-state index in [9.17, 15) is 9.18 Å². The Morgan fingerprint density at radius 2 is 2.12 bits per heavy atom. The van der Waals surface area contributed by atoms with E-state index in [2.05, 4.69) is 25.3 Å². The Bertz CT molecular complexity index is 1070. The van der Waals surface area contributed by atoms with Gasteiger partial charge in [0.25, 0.3) is 5.91 Å². The van der Waals surface area contributed by atoms with E-state index in [0.29, 0.717) is 28.2 Å². The molecule has 25 heavy (non-hydrogen) atoms. The number of rotatable bonds is 3. The molecule has 0 aliphatic rings. The molecule has 1 amide bonds. The van der Waals surface area contributed by atoms with Crippen LogP contribution in [-0.2, 0) is 0 Å². The van der Waals surface area contributed by atoms with E-state index in [4.69, 9.17) is 11.6 Å². The molecule has 3 aromatic heterocycles. The zero-order chi connectivity index (χ0) is 17.4. The van der Waals surface area contributed by atoms with Gasteiger partial charge in [-0.3, -0.25) is 4.79 Å². The molecule has 0 spiro atoms. The molecule has 0 unspecified atom stereocenters. The van der Waals surface area contributed by atoms with Crippen molar-refractivity contribution in [2.24, 2.45) is 0 Å². The van der Waals surface area contributed by atoms with Crippen molar-refractivity contribution < 1.29 is 9.18 Å². The first-order valence-electron chi connectivity index (χ1n) is 7.37. The van der Waals surface area contributed by atoms with Gasteiger partial charge in [-0.25, -0.2) is 14.4 Å². The summed E-state index contributed by atoms with van der Waals surface area (Å²) in [6.07, 6.45) is 3.29. The fourth-order valence-corrected chi connectivity index (χ4v) is 2.66. The molecule has 0 bridgehead atoms. The first kappa shape index (κ1) is 15.3. The molecule has 3 heterocycles. The van der Waals surface area contributed by atoms with E-state index >= 15 is 0 Å². The van der Waals surface area contributed by atoms with E-state index in [1.165, 1.54) is 24.4 Å². The van der Waals surface area contributed by atoms with Gasteiger partial charge >= 0.3 is 0 Å². The van der Waals surface area contributed by atoms with Gasteiger partial charge in [0.2, 0.25) is 0 Å². The third kappa shape index (κ3) is 2.85. The molecular formula is C17H11ClFN5O. The molecule has 3 N–H and O–H groups in total. The van der Waals surface area contributed by atoms with Crippen molar-refractivity contribution in [2.45, 2.75) is 0 Å². The Hall–Kier alpha value is -3.19. The molecule has 4 rings (SSSR count). The first-order valence-corrected chi connectivity index (χ1v) is 7.74. The van der Waals surface area contributed by atoms with Gasteiger partial charge in [-0.05, 0) is 36.4 Å². The number of carbonyl (C=O) groups excluding carboxylic acids is 1. The second kappa shape index (κ2) is 6.03. The lowest BCUT2D eigenvalue weighted by Crippen LogP contribution is -2.12. The molecule has 0 atom stereocenters. The van der Waals surface area contributed by atoms with E-state index in [1.807, 2.05) is 12.1 Å². The molecule has 0 fully saturated rings. The summed E-state index contributed by atoms with van der Waals surface area (Å²) in [7, 11) is 0. The van der Waals surface area contributed by atoms with Gasteiger partial charge in [-0.1, -0.05) is 11.6 Å². The summed E-state index contributed by atoms with van der Waals surface area (Å²) < 4.78 is 13.2. The van der Waals surface area contributed by atoms with Crippen LogP contribution >= 0.6 is 11.6 Å². The number of pyridine rings is 1. The minimum atomic E-state index is -0.546. The number of carbonyl (C=O) groups is 1. The van der Waals surface area contributed by atoms with Gasteiger partial charge in [-0.15, -0.1) is 0 Å². The van der Waals surface area contributed by atoms with Crippen LogP contribution in [0.3, 0.4) is 0 Å². The highest BCUT2D eigenvalue weighted by Crippen LogP contribution is 2.23. The van der Waals surface area contributed by atoms with Crippen molar-refractivity contribution in [1.82, 2.24) is 19.9 Å². The van der Waals surface area contributed by atoms with Crippen LogP contribution in [0.1, 0.15) is 10.4 Å². The van der Waals surface area contributed by atoms with Crippen molar-refractivity contribution in [3.8, 4) is 11.5 Å². The van der Waals surface area contributed by atoms with E-state index < -0.39 is 5.82 Å². The summed E-state index contributed by atoms with van der Waals surface area (Å²) >= 11 is 5.74.